The molecule has 4 nitrogen and oxygen atoms in total. The van der Waals surface area contributed by atoms with Crippen molar-refractivity contribution in [2.75, 3.05) is 19.8 Å². The third-order valence-corrected chi connectivity index (χ3v) is 0.671. The molecule has 0 saturated carbocycles. The van der Waals surface area contributed by atoms with Gasteiger partial charge in [-0.2, -0.15) is 0 Å². The molecule has 6 N–H and O–H groups in total. The molecule has 4 heteroatoms. The van der Waals surface area contributed by atoms with E-state index in [4.69, 9.17) is 15.3 Å². The Bertz CT molecular complexity index is 30.3. The van der Waals surface area contributed by atoms with Crippen molar-refractivity contribution in [2.24, 2.45) is 0 Å². The fourth-order valence-electron chi connectivity index (χ4n) is 0. The lowest BCUT2D eigenvalue weighted by Gasteiger charge is -1.69. The zero-order chi connectivity index (χ0) is 10.2. The van der Waals surface area contributed by atoms with Crippen molar-refractivity contribution in [2.45, 2.75) is 40.0 Å². The van der Waals surface area contributed by atoms with E-state index in [0.717, 1.165) is 19.3 Å². The molecule has 0 radical (unpaired) electrons. The summed E-state index contributed by atoms with van der Waals surface area (Å²) in [6.45, 7) is 6.75. The van der Waals surface area contributed by atoms with E-state index in [1.807, 2.05) is 20.8 Å². The zero-order valence-electron chi connectivity index (χ0n) is 9.29. The van der Waals surface area contributed by atoms with Crippen LogP contribution in [0.25, 0.3) is 0 Å². The molecule has 0 aliphatic carbocycles. The lowest BCUT2D eigenvalue weighted by Crippen LogP contribution is -1.69. The molecular weight excluding hydrogens is 170 g/mol. The van der Waals surface area contributed by atoms with Crippen LogP contribution in [0.15, 0.2) is 0 Å². The first kappa shape index (κ1) is 23.0. The molecule has 0 heterocycles. The summed E-state index contributed by atoms with van der Waals surface area (Å²) in [5.41, 5.74) is 0. The van der Waals surface area contributed by atoms with Gasteiger partial charge in [-0.1, -0.05) is 20.8 Å². The first-order chi connectivity index (χ1) is 5.74. The van der Waals surface area contributed by atoms with Crippen LogP contribution >= 0.6 is 0 Å². The first-order valence-corrected chi connectivity index (χ1v) is 4.57. The normalized spacial score (nSPS) is 6.92. The van der Waals surface area contributed by atoms with Gasteiger partial charge >= 0.3 is 0 Å². The topological polar surface area (TPSA) is 95.7 Å². The van der Waals surface area contributed by atoms with Gasteiger partial charge in [-0.05, 0) is 19.3 Å². The summed E-state index contributed by atoms with van der Waals surface area (Å²) in [5.74, 6) is 0. The Hall–Kier alpha value is -0.160. The zero-order valence-corrected chi connectivity index (χ0v) is 9.29. The van der Waals surface area contributed by atoms with Gasteiger partial charge in [0.2, 0.25) is 0 Å². The number of aliphatic hydroxyl groups is 3. The van der Waals surface area contributed by atoms with Crippen LogP contribution < -0.4 is 6.15 Å². The van der Waals surface area contributed by atoms with Crippen LogP contribution in [0.1, 0.15) is 40.0 Å². The van der Waals surface area contributed by atoms with Crippen LogP contribution in [0, 0.1) is 0 Å². The standard InChI is InChI=1S/3C3H8O.H3N/c3*1-2-3-4;/h3*4H,2-3H2,1H3;1H3. The molecule has 0 bridgehead atoms. The second-order valence-electron chi connectivity index (χ2n) is 2.17. The summed E-state index contributed by atoms with van der Waals surface area (Å²) >= 11 is 0. The van der Waals surface area contributed by atoms with E-state index >= 15 is 0 Å². The minimum atomic E-state index is 0. The molecule has 86 valence electrons. The predicted molar refractivity (Wildman–Crippen MR) is 57.2 cm³/mol. The van der Waals surface area contributed by atoms with Crippen molar-refractivity contribution < 1.29 is 15.3 Å². The molecule has 0 rings (SSSR count). The highest BCUT2D eigenvalue weighted by molar-refractivity contribution is 4.10. The number of aliphatic hydroxyl groups excluding tert-OH is 3. The monoisotopic (exact) mass is 197 g/mol. The van der Waals surface area contributed by atoms with Gasteiger partial charge < -0.3 is 21.5 Å². The van der Waals surface area contributed by atoms with E-state index < -0.39 is 0 Å². The fourth-order valence-corrected chi connectivity index (χ4v) is 0. The lowest BCUT2D eigenvalue weighted by atomic mass is 10.5. The number of rotatable bonds is 3. The minimum Gasteiger partial charge on any atom is -0.396 e. The van der Waals surface area contributed by atoms with Crippen LogP contribution in [0.2, 0.25) is 0 Å². The number of hydrogen-bond donors (Lipinski definition) is 4. The van der Waals surface area contributed by atoms with Gasteiger partial charge in [-0.25, -0.2) is 0 Å². The highest BCUT2D eigenvalue weighted by atomic mass is 16.3. The molecule has 0 spiro atoms. The SMILES string of the molecule is CCCO.CCCO.CCCO.N. The molecule has 0 saturated heterocycles. The average Bonchev–Trinajstić information content (AvgIpc) is 2.18. The van der Waals surface area contributed by atoms with Gasteiger partial charge in [0.15, 0.2) is 0 Å². The summed E-state index contributed by atoms with van der Waals surface area (Å²) in [4.78, 5) is 0. The van der Waals surface area contributed by atoms with Gasteiger partial charge in [0.1, 0.15) is 0 Å². The molecule has 0 aromatic heterocycles. The van der Waals surface area contributed by atoms with Crippen LogP contribution in [-0.4, -0.2) is 35.1 Å². The van der Waals surface area contributed by atoms with E-state index in [-0.39, 0.29) is 6.15 Å². The Morgan fingerprint density at radius 3 is 0.692 bits per heavy atom. The summed E-state index contributed by atoms with van der Waals surface area (Å²) in [5, 5.41) is 23.6. The predicted octanol–water partition coefficient (Wildman–Crippen LogP) is 1.33. The Labute approximate surface area is 82.2 Å². The smallest absolute Gasteiger partial charge is 0.0428 e. The largest absolute Gasteiger partial charge is 0.396 e. The summed E-state index contributed by atoms with van der Waals surface area (Å²) in [6.07, 6.45) is 2.62. The maximum atomic E-state index is 7.88. The van der Waals surface area contributed by atoms with E-state index in [1.54, 1.807) is 0 Å². The Morgan fingerprint density at radius 1 is 0.615 bits per heavy atom. The molecule has 0 fully saturated rings. The van der Waals surface area contributed by atoms with Crippen molar-refractivity contribution in [3.63, 3.8) is 0 Å². The molecule has 0 aromatic carbocycles. The van der Waals surface area contributed by atoms with Crippen molar-refractivity contribution >= 4 is 0 Å². The molecule has 0 amide bonds. The van der Waals surface area contributed by atoms with Gasteiger partial charge in [0.05, 0.1) is 0 Å². The molecule has 0 aliphatic heterocycles. The molecule has 13 heavy (non-hydrogen) atoms. The highest BCUT2D eigenvalue weighted by Crippen LogP contribution is 1.62. The number of hydrogen-bond acceptors (Lipinski definition) is 4. The third-order valence-electron chi connectivity index (χ3n) is 0.671. The Morgan fingerprint density at radius 2 is 0.692 bits per heavy atom. The van der Waals surface area contributed by atoms with E-state index in [9.17, 15) is 0 Å². The van der Waals surface area contributed by atoms with Crippen molar-refractivity contribution in [1.29, 1.82) is 0 Å². The summed E-state index contributed by atoms with van der Waals surface area (Å²) in [6, 6.07) is 0. The van der Waals surface area contributed by atoms with Crippen LogP contribution in [-0.2, 0) is 0 Å². The van der Waals surface area contributed by atoms with Gasteiger partial charge in [0.25, 0.3) is 0 Å². The van der Waals surface area contributed by atoms with Gasteiger partial charge in [-0.15, -0.1) is 0 Å². The average molecular weight is 197 g/mol. The maximum Gasteiger partial charge on any atom is 0.0428 e. The van der Waals surface area contributed by atoms with Crippen molar-refractivity contribution in [3.8, 4) is 0 Å². The molecule has 0 atom stereocenters. The van der Waals surface area contributed by atoms with Crippen molar-refractivity contribution in [3.05, 3.63) is 0 Å². The summed E-state index contributed by atoms with van der Waals surface area (Å²) < 4.78 is 0. The third kappa shape index (κ3) is 142. The van der Waals surface area contributed by atoms with E-state index in [0.29, 0.717) is 19.8 Å². The second-order valence-corrected chi connectivity index (χ2v) is 2.17. The van der Waals surface area contributed by atoms with E-state index in [1.165, 1.54) is 0 Å². The molecule has 0 aromatic rings. The van der Waals surface area contributed by atoms with Gasteiger partial charge in [-0.3, -0.25) is 0 Å². The quantitative estimate of drug-likeness (QED) is 0.549. The fraction of sp³-hybridized carbons (Fsp3) is 1.00. The Kier molecular flexibility index (Phi) is 72.3. The first-order valence-electron chi connectivity index (χ1n) is 4.57. The lowest BCUT2D eigenvalue weighted by molar-refractivity contribution is 0.294. The summed E-state index contributed by atoms with van der Waals surface area (Å²) in [7, 11) is 0. The molecule has 0 unspecified atom stereocenters. The van der Waals surface area contributed by atoms with E-state index in [2.05, 4.69) is 0 Å². The Balaban J connectivity index is -0.0000000450. The highest BCUT2D eigenvalue weighted by Gasteiger charge is 1.58. The molecule has 0 aliphatic rings. The van der Waals surface area contributed by atoms with Gasteiger partial charge in [0, 0.05) is 19.8 Å². The van der Waals surface area contributed by atoms with Crippen LogP contribution in [0.4, 0.5) is 0 Å². The van der Waals surface area contributed by atoms with Crippen LogP contribution in [0.5, 0.6) is 0 Å². The molecular formula is C9H27NO3. The second kappa shape index (κ2) is 40.8. The minimum absolute atomic E-state index is 0. The maximum absolute atomic E-state index is 7.88. The van der Waals surface area contributed by atoms with Crippen LogP contribution in [0.3, 0.4) is 0 Å². The van der Waals surface area contributed by atoms with Crippen molar-refractivity contribution in [1.82, 2.24) is 6.15 Å².